The summed E-state index contributed by atoms with van der Waals surface area (Å²) in [6, 6.07) is 0.595. The molecule has 0 amide bonds. The van der Waals surface area contributed by atoms with Gasteiger partial charge in [0.1, 0.15) is 5.82 Å². The highest BCUT2D eigenvalue weighted by Gasteiger charge is 2.15. The molecule has 2 nitrogen and oxygen atoms in total. The number of nitrogens with zero attached hydrogens (tertiary/aromatic N) is 2. The molecule has 2 atom stereocenters. The zero-order chi connectivity index (χ0) is 16.2. The van der Waals surface area contributed by atoms with E-state index in [1.165, 1.54) is 76.5 Å². The first-order valence-corrected chi connectivity index (χ1v) is 9.73. The molecule has 0 radical (unpaired) electrons. The number of hydrogen-bond donors (Lipinski definition) is 0. The standard InChI is InChI=1S/C20H38N2/c1-5-7-9-10-11-12-13-15-19(4)22-17-16-21-20(22)18(3)14-8-6-2/h16-19H,5-15H2,1-4H3. The van der Waals surface area contributed by atoms with Crippen LogP contribution in [0.5, 0.6) is 0 Å². The van der Waals surface area contributed by atoms with E-state index in [1.807, 2.05) is 6.20 Å². The Balaban J connectivity index is 2.30. The molecule has 0 aliphatic rings. The Morgan fingerprint density at radius 2 is 1.50 bits per heavy atom. The van der Waals surface area contributed by atoms with Crippen LogP contribution in [0.2, 0.25) is 0 Å². The largest absolute Gasteiger partial charge is 0.332 e. The van der Waals surface area contributed by atoms with Crippen LogP contribution in [0.3, 0.4) is 0 Å². The van der Waals surface area contributed by atoms with Crippen molar-refractivity contribution in [1.29, 1.82) is 0 Å². The van der Waals surface area contributed by atoms with Gasteiger partial charge in [0.25, 0.3) is 0 Å². The Hall–Kier alpha value is -0.790. The lowest BCUT2D eigenvalue weighted by atomic mass is 10.0. The van der Waals surface area contributed by atoms with Crippen molar-refractivity contribution in [1.82, 2.24) is 9.55 Å². The molecule has 22 heavy (non-hydrogen) atoms. The second kappa shape index (κ2) is 11.7. The molecule has 1 aromatic heterocycles. The zero-order valence-corrected chi connectivity index (χ0v) is 15.5. The van der Waals surface area contributed by atoms with Gasteiger partial charge in [-0.25, -0.2) is 4.98 Å². The van der Waals surface area contributed by atoms with E-state index >= 15 is 0 Å². The summed E-state index contributed by atoms with van der Waals surface area (Å²) >= 11 is 0. The third kappa shape index (κ3) is 6.98. The first-order chi connectivity index (χ1) is 10.7. The van der Waals surface area contributed by atoms with Gasteiger partial charge in [0.15, 0.2) is 0 Å². The fraction of sp³-hybridized carbons (Fsp3) is 0.850. The minimum absolute atomic E-state index is 0.589. The number of aromatic nitrogens is 2. The second-order valence-electron chi connectivity index (χ2n) is 7.00. The van der Waals surface area contributed by atoms with Crippen LogP contribution >= 0.6 is 0 Å². The topological polar surface area (TPSA) is 17.8 Å². The molecule has 0 aliphatic heterocycles. The van der Waals surface area contributed by atoms with Crippen LogP contribution in [-0.4, -0.2) is 9.55 Å². The Labute approximate surface area is 138 Å². The number of imidazole rings is 1. The third-order valence-electron chi connectivity index (χ3n) is 4.83. The normalized spacial score (nSPS) is 14.2. The Bertz CT molecular complexity index is 370. The van der Waals surface area contributed by atoms with Gasteiger partial charge in [0.05, 0.1) is 0 Å². The van der Waals surface area contributed by atoms with Gasteiger partial charge < -0.3 is 4.57 Å². The molecule has 0 fully saturated rings. The van der Waals surface area contributed by atoms with E-state index in [1.54, 1.807) is 0 Å². The number of hydrogen-bond acceptors (Lipinski definition) is 1. The molecule has 0 aromatic carbocycles. The molecular weight excluding hydrogens is 268 g/mol. The zero-order valence-electron chi connectivity index (χ0n) is 15.5. The molecule has 1 heterocycles. The molecule has 1 rings (SSSR count). The van der Waals surface area contributed by atoms with Crippen LogP contribution < -0.4 is 0 Å². The molecule has 0 saturated heterocycles. The number of rotatable bonds is 13. The van der Waals surface area contributed by atoms with Gasteiger partial charge in [-0.1, -0.05) is 78.6 Å². The summed E-state index contributed by atoms with van der Waals surface area (Å²) in [6.07, 6.45) is 19.1. The lowest BCUT2D eigenvalue weighted by Gasteiger charge is -2.19. The maximum absolute atomic E-state index is 4.63. The van der Waals surface area contributed by atoms with Crippen LogP contribution in [0, 0.1) is 0 Å². The Morgan fingerprint density at radius 3 is 2.18 bits per heavy atom. The Kier molecular flexibility index (Phi) is 10.3. The van der Waals surface area contributed by atoms with E-state index in [2.05, 4.69) is 43.4 Å². The van der Waals surface area contributed by atoms with Crippen LogP contribution in [-0.2, 0) is 0 Å². The minimum Gasteiger partial charge on any atom is -0.332 e. The molecule has 128 valence electrons. The van der Waals surface area contributed by atoms with E-state index in [0.717, 1.165) is 0 Å². The quantitative estimate of drug-likeness (QED) is 0.363. The average Bonchev–Trinajstić information content (AvgIpc) is 3.01. The molecule has 0 bridgehead atoms. The van der Waals surface area contributed by atoms with E-state index in [4.69, 9.17) is 0 Å². The lowest BCUT2D eigenvalue weighted by Crippen LogP contribution is -2.11. The van der Waals surface area contributed by atoms with Crippen molar-refractivity contribution in [3.8, 4) is 0 Å². The van der Waals surface area contributed by atoms with Crippen molar-refractivity contribution < 1.29 is 0 Å². The monoisotopic (exact) mass is 306 g/mol. The van der Waals surface area contributed by atoms with Crippen molar-refractivity contribution in [2.24, 2.45) is 0 Å². The van der Waals surface area contributed by atoms with E-state index < -0.39 is 0 Å². The molecule has 0 aliphatic carbocycles. The molecule has 0 N–H and O–H groups in total. The molecule has 2 unspecified atom stereocenters. The summed E-state index contributed by atoms with van der Waals surface area (Å²) in [6.45, 7) is 9.23. The summed E-state index contributed by atoms with van der Waals surface area (Å²) in [4.78, 5) is 4.63. The number of unbranched alkanes of at least 4 members (excludes halogenated alkanes) is 7. The van der Waals surface area contributed by atoms with E-state index in [-0.39, 0.29) is 0 Å². The Morgan fingerprint density at radius 1 is 0.864 bits per heavy atom. The van der Waals surface area contributed by atoms with Crippen LogP contribution in [0.1, 0.15) is 116 Å². The first kappa shape index (κ1) is 19.3. The average molecular weight is 307 g/mol. The maximum Gasteiger partial charge on any atom is 0.111 e. The fourth-order valence-electron chi connectivity index (χ4n) is 3.25. The van der Waals surface area contributed by atoms with Crippen molar-refractivity contribution in [2.45, 2.75) is 110 Å². The smallest absolute Gasteiger partial charge is 0.111 e. The SMILES string of the molecule is CCCCCCCCCC(C)n1ccnc1C(C)CCCC. The van der Waals surface area contributed by atoms with Crippen LogP contribution in [0.25, 0.3) is 0 Å². The van der Waals surface area contributed by atoms with Gasteiger partial charge in [-0.3, -0.25) is 0 Å². The predicted molar refractivity (Wildman–Crippen MR) is 97.5 cm³/mol. The summed E-state index contributed by atoms with van der Waals surface area (Å²) < 4.78 is 2.43. The summed E-state index contributed by atoms with van der Waals surface area (Å²) in [7, 11) is 0. The summed E-state index contributed by atoms with van der Waals surface area (Å²) in [5.74, 6) is 1.88. The van der Waals surface area contributed by atoms with Crippen molar-refractivity contribution in [3.05, 3.63) is 18.2 Å². The highest BCUT2D eigenvalue weighted by atomic mass is 15.1. The van der Waals surface area contributed by atoms with Gasteiger partial charge in [-0.15, -0.1) is 0 Å². The highest BCUT2D eigenvalue weighted by Crippen LogP contribution is 2.25. The lowest BCUT2D eigenvalue weighted by molar-refractivity contribution is 0.438. The molecular formula is C20H38N2. The summed E-state index contributed by atoms with van der Waals surface area (Å²) in [5.41, 5.74) is 0. The van der Waals surface area contributed by atoms with Crippen LogP contribution in [0.4, 0.5) is 0 Å². The minimum atomic E-state index is 0.589. The molecule has 0 spiro atoms. The predicted octanol–water partition coefficient (Wildman–Crippen LogP) is 6.88. The highest BCUT2D eigenvalue weighted by molar-refractivity contribution is 5.00. The van der Waals surface area contributed by atoms with E-state index in [0.29, 0.717) is 12.0 Å². The molecule has 1 aromatic rings. The first-order valence-electron chi connectivity index (χ1n) is 9.73. The van der Waals surface area contributed by atoms with Gasteiger partial charge in [-0.2, -0.15) is 0 Å². The molecule has 0 saturated carbocycles. The summed E-state index contributed by atoms with van der Waals surface area (Å²) in [5, 5.41) is 0. The van der Waals surface area contributed by atoms with Crippen LogP contribution in [0.15, 0.2) is 12.4 Å². The van der Waals surface area contributed by atoms with Crippen molar-refractivity contribution >= 4 is 0 Å². The van der Waals surface area contributed by atoms with E-state index in [9.17, 15) is 0 Å². The van der Waals surface area contributed by atoms with Gasteiger partial charge in [-0.05, 0) is 19.8 Å². The van der Waals surface area contributed by atoms with Crippen molar-refractivity contribution in [3.63, 3.8) is 0 Å². The second-order valence-corrected chi connectivity index (χ2v) is 7.00. The van der Waals surface area contributed by atoms with Gasteiger partial charge in [0, 0.05) is 24.4 Å². The van der Waals surface area contributed by atoms with Gasteiger partial charge >= 0.3 is 0 Å². The van der Waals surface area contributed by atoms with Gasteiger partial charge in [0.2, 0.25) is 0 Å². The van der Waals surface area contributed by atoms with Crippen molar-refractivity contribution in [2.75, 3.05) is 0 Å². The fourth-order valence-corrected chi connectivity index (χ4v) is 3.25. The maximum atomic E-state index is 4.63. The third-order valence-corrected chi connectivity index (χ3v) is 4.83. The molecule has 2 heteroatoms.